The third-order valence-electron chi connectivity index (χ3n) is 2.10. The van der Waals surface area contributed by atoms with Crippen LogP contribution < -0.4 is 15.3 Å². The van der Waals surface area contributed by atoms with Crippen LogP contribution in [0.2, 0.25) is 6.04 Å². The van der Waals surface area contributed by atoms with Gasteiger partial charge < -0.3 is 15.3 Å². The zero-order chi connectivity index (χ0) is 10.1. The molecule has 80 valence electrons. The highest BCUT2D eigenvalue weighted by Gasteiger charge is 2.03. The third-order valence-corrected chi connectivity index (χ3v) is 4.48. The quantitative estimate of drug-likeness (QED) is 0.392. The second-order valence-electron chi connectivity index (χ2n) is 3.87. The van der Waals surface area contributed by atoms with Gasteiger partial charge in [-0.05, 0) is 45.6 Å². The van der Waals surface area contributed by atoms with Gasteiger partial charge in [0.2, 0.25) is 0 Å². The summed E-state index contributed by atoms with van der Waals surface area (Å²) in [5.74, 6) is 0.765. The Morgan fingerprint density at radius 3 is 2.23 bits per heavy atom. The van der Waals surface area contributed by atoms with E-state index in [2.05, 4.69) is 43.2 Å². The second-order valence-corrected chi connectivity index (χ2v) is 6.71. The first-order valence-corrected chi connectivity index (χ1v) is 7.23. The molecule has 4 heteroatoms. The van der Waals surface area contributed by atoms with Crippen LogP contribution in [0.25, 0.3) is 0 Å². The van der Waals surface area contributed by atoms with Crippen LogP contribution in [-0.4, -0.2) is 36.3 Å². The van der Waals surface area contributed by atoms with Gasteiger partial charge in [0.25, 0.3) is 0 Å². The molecular formula is C9H25N3Si. The molecule has 0 fully saturated rings. The molecule has 3 nitrogen and oxygen atoms in total. The Hall–Kier alpha value is 0.0969. The van der Waals surface area contributed by atoms with Gasteiger partial charge in [0.1, 0.15) is 0 Å². The van der Waals surface area contributed by atoms with E-state index in [1.807, 2.05) is 0 Å². The highest BCUT2D eigenvalue weighted by atomic mass is 28.3. The smallest absolute Gasteiger partial charge is 0.184 e. The Bertz CT molecular complexity index is 105. The molecule has 0 aromatic heterocycles. The first-order valence-electron chi connectivity index (χ1n) is 5.26. The summed E-state index contributed by atoms with van der Waals surface area (Å²) in [5, 5.41) is 3.46. The summed E-state index contributed by atoms with van der Waals surface area (Å²) in [6.07, 6.45) is 1.28. The van der Waals surface area contributed by atoms with E-state index in [1.165, 1.54) is 12.5 Å². The van der Waals surface area contributed by atoms with Gasteiger partial charge in [-0.15, -0.1) is 0 Å². The monoisotopic (exact) mass is 203 g/mol. The van der Waals surface area contributed by atoms with Gasteiger partial charge in [0.15, 0.2) is 9.12 Å². The minimum atomic E-state index is -0.799. The van der Waals surface area contributed by atoms with Crippen molar-refractivity contribution in [2.45, 2.75) is 26.3 Å². The van der Waals surface area contributed by atoms with E-state index in [4.69, 9.17) is 0 Å². The molecule has 13 heavy (non-hydrogen) atoms. The van der Waals surface area contributed by atoms with Gasteiger partial charge in [0, 0.05) is 0 Å². The first-order chi connectivity index (χ1) is 6.20. The van der Waals surface area contributed by atoms with Crippen LogP contribution in [0, 0.1) is 5.92 Å². The summed E-state index contributed by atoms with van der Waals surface area (Å²) in [7, 11) is 3.30. The Morgan fingerprint density at radius 1 is 1.15 bits per heavy atom. The topological polar surface area (TPSA) is 36.1 Å². The molecule has 0 spiro atoms. The summed E-state index contributed by atoms with van der Waals surface area (Å²) in [6.45, 7) is 6.79. The molecule has 0 unspecified atom stereocenters. The highest BCUT2D eigenvalue weighted by Crippen LogP contribution is 1.92. The minimum absolute atomic E-state index is 0.765. The number of rotatable bonds is 8. The van der Waals surface area contributed by atoms with Crippen molar-refractivity contribution in [3.05, 3.63) is 0 Å². The average Bonchev–Trinajstić information content (AvgIpc) is 2.11. The molecule has 0 saturated carbocycles. The summed E-state index contributed by atoms with van der Waals surface area (Å²) in [4.78, 5) is 6.70. The number of hydrogen-bond acceptors (Lipinski definition) is 3. The van der Waals surface area contributed by atoms with E-state index in [0.29, 0.717) is 0 Å². The summed E-state index contributed by atoms with van der Waals surface area (Å²) >= 11 is 0. The van der Waals surface area contributed by atoms with Gasteiger partial charge in [-0.25, -0.2) is 0 Å². The van der Waals surface area contributed by atoms with E-state index in [0.717, 1.165) is 19.0 Å². The van der Waals surface area contributed by atoms with Crippen molar-refractivity contribution in [1.29, 1.82) is 0 Å². The third kappa shape index (κ3) is 8.43. The van der Waals surface area contributed by atoms with Crippen LogP contribution in [-0.2, 0) is 0 Å². The average molecular weight is 203 g/mol. The SMILES string of the molecule is CN[SiH](CCCNCC(C)C)NC. The Morgan fingerprint density at radius 2 is 1.77 bits per heavy atom. The minimum Gasteiger partial charge on any atom is -0.331 e. The van der Waals surface area contributed by atoms with Crippen LogP contribution in [0.1, 0.15) is 20.3 Å². The van der Waals surface area contributed by atoms with Crippen LogP contribution in [0.3, 0.4) is 0 Å². The molecule has 0 rings (SSSR count). The molecule has 0 aromatic carbocycles. The van der Waals surface area contributed by atoms with Gasteiger partial charge >= 0.3 is 0 Å². The summed E-state index contributed by atoms with van der Waals surface area (Å²) < 4.78 is 0. The van der Waals surface area contributed by atoms with Crippen molar-refractivity contribution in [1.82, 2.24) is 15.3 Å². The lowest BCUT2D eigenvalue weighted by molar-refractivity contribution is 0.549. The predicted molar refractivity (Wildman–Crippen MR) is 62.4 cm³/mol. The molecular weight excluding hydrogens is 178 g/mol. The second kappa shape index (κ2) is 8.68. The van der Waals surface area contributed by atoms with Crippen molar-refractivity contribution < 1.29 is 0 Å². The normalized spacial score (nSPS) is 11.5. The fourth-order valence-corrected chi connectivity index (χ4v) is 2.73. The summed E-state index contributed by atoms with van der Waals surface area (Å²) in [6, 6.07) is 1.32. The van der Waals surface area contributed by atoms with E-state index < -0.39 is 9.12 Å². The maximum atomic E-state index is 3.46. The Labute approximate surface area is 84.4 Å². The lowest BCUT2D eigenvalue weighted by atomic mass is 10.2. The fourth-order valence-electron chi connectivity index (χ4n) is 1.25. The van der Waals surface area contributed by atoms with E-state index in [9.17, 15) is 0 Å². The Balaban J connectivity index is 3.14. The molecule has 0 radical (unpaired) electrons. The molecule has 0 aliphatic rings. The van der Waals surface area contributed by atoms with Crippen LogP contribution in [0.4, 0.5) is 0 Å². The molecule has 0 atom stereocenters. The van der Waals surface area contributed by atoms with Crippen molar-refractivity contribution in [2.75, 3.05) is 27.2 Å². The van der Waals surface area contributed by atoms with Crippen molar-refractivity contribution in [3.8, 4) is 0 Å². The van der Waals surface area contributed by atoms with Crippen molar-refractivity contribution in [2.24, 2.45) is 5.92 Å². The van der Waals surface area contributed by atoms with Gasteiger partial charge in [-0.3, -0.25) is 0 Å². The Kier molecular flexibility index (Phi) is 8.75. The van der Waals surface area contributed by atoms with Crippen LogP contribution in [0.5, 0.6) is 0 Å². The maximum Gasteiger partial charge on any atom is 0.184 e. The highest BCUT2D eigenvalue weighted by molar-refractivity contribution is 6.53. The lowest BCUT2D eigenvalue weighted by Gasteiger charge is -2.13. The first kappa shape index (κ1) is 13.1. The molecule has 0 heterocycles. The summed E-state index contributed by atoms with van der Waals surface area (Å²) in [5.41, 5.74) is 0. The molecule has 3 N–H and O–H groups in total. The van der Waals surface area contributed by atoms with Crippen LogP contribution >= 0.6 is 0 Å². The predicted octanol–water partition coefficient (Wildman–Crippen LogP) is 0.281. The fraction of sp³-hybridized carbons (Fsp3) is 1.00. The van der Waals surface area contributed by atoms with E-state index >= 15 is 0 Å². The zero-order valence-corrected chi connectivity index (χ0v) is 10.6. The van der Waals surface area contributed by atoms with E-state index in [-0.39, 0.29) is 0 Å². The molecule has 0 amide bonds. The standard InChI is InChI=1S/C9H25N3Si/c1-9(2)8-12-6-5-7-13(10-3)11-4/h9-13H,5-8H2,1-4H3. The molecule has 0 saturated heterocycles. The van der Waals surface area contributed by atoms with Crippen molar-refractivity contribution >= 4 is 9.12 Å². The van der Waals surface area contributed by atoms with E-state index in [1.54, 1.807) is 0 Å². The zero-order valence-electron chi connectivity index (χ0n) is 9.48. The molecule has 0 aliphatic heterocycles. The van der Waals surface area contributed by atoms with Gasteiger partial charge in [-0.1, -0.05) is 13.8 Å². The van der Waals surface area contributed by atoms with Gasteiger partial charge in [-0.2, -0.15) is 0 Å². The molecule has 0 bridgehead atoms. The van der Waals surface area contributed by atoms with Gasteiger partial charge in [0.05, 0.1) is 0 Å². The molecule has 0 aliphatic carbocycles. The maximum absolute atomic E-state index is 3.46. The number of nitrogens with one attached hydrogen (secondary N) is 3. The molecule has 0 aromatic rings. The number of hydrogen-bond donors (Lipinski definition) is 3. The lowest BCUT2D eigenvalue weighted by Crippen LogP contribution is -2.43. The van der Waals surface area contributed by atoms with Crippen molar-refractivity contribution in [3.63, 3.8) is 0 Å². The largest absolute Gasteiger partial charge is 0.331 e. The van der Waals surface area contributed by atoms with Crippen LogP contribution in [0.15, 0.2) is 0 Å².